The van der Waals surface area contributed by atoms with Crippen LogP contribution < -0.4 is 5.43 Å². The molecule has 4 nitrogen and oxygen atoms in total. The second kappa shape index (κ2) is 7.80. The molecule has 0 atom stereocenters. The Balaban J connectivity index is 1.81. The molecule has 0 radical (unpaired) electrons. The van der Waals surface area contributed by atoms with Gasteiger partial charge in [0.05, 0.1) is 6.21 Å². The molecule has 0 saturated carbocycles. The van der Waals surface area contributed by atoms with Gasteiger partial charge >= 0.3 is 0 Å². The number of aromatic nitrogens is 1. The number of nitrogens with one attached hydrogen (secondary N) is 1. The second-order valence-electron chi connectivity index (χ2n) is 6.71. The van der Waals surface area contributed by atoms with Crippen LogP contribution in [0, 0.1) is 27.7 Å². The molecular weight excluding hydrogens is 358 g/mol. The lowest BCUT2D eigenvalue weighted by atomic mass is 10.1. The number of amides is 1. The number of benzene rings is 2. The lowest BCUT2D eigenvalue weighted by Crippen LogP contribution is -2.17. The SMILES string of the molecule is Cc1cc(C)cc(-n2c(C)cc(/C=N/NC(=O)c3ccc(Cl)cc3)c2C)c1. The van der Waals surface area contributed by atoms with Crippen LogP contribution in [0.3, 0.4) is 0 Å². The molecule has 0 aliphatic heterocycles. The summed E-state index contributed by atoms with van der Waals surface area (Å²) in [5.41, 5.74) is 9.80. The molecule has 3 aromatic rings. The van der Waals surface area contributed by atoms with Crippen LogP contribution in [0.1, 0.15) is 38.4 Å². The molecule has 0 unspecified atom stereocenters. The predicted octanol–water partition coefficient (Wildman–Crippen LogP) is 5.13. The van der Waals surface area contributed by atoms with E-state index in [0.717, 1.165) is 22.6 Å². The van der Waals surface area contributed by atoms with Crippen molar-refractivity contribution in [3.05, 3.63) is 87.2 Å². The van der Waals surface area contributed by atoms with E-state index in [1.807, 2.05) is 6.92 Å². The van der Waals surface area contributed by atoms with Gasteiger partial charge in [-0.25, -0.2) is 5.43 Å². The minimum absolute atomic E-state index is 0.272. The quantitative estimate of drug-likeness (QED) is 0.495. The predicted molar refractivity (Wildman–Crippen MR) is 111 cm³/mol. The van der Waals surface area contributed by atoms with Gasteiger partial charge in [-0.05, 0) is 81.3 Å². The van der Waals surface area contributed by atoms with E-state index >= 15 is 0 Å². The molecule has 1 aromatic heterocycles. The first kappa shape index (κ1) is 18.9. The number of rotatable bonds is 4. The van der Waals surface area contributed by atoms with Crippen molar-refractivity contribution < 1.29 is 4.79 Å². The average Bonchev–Trinajstić information content (AvgIpc) is 2.88. The Morgan fingerprint density at radius 2 is 1.63 bits per heavy atom. The van der Waals surface area contributed by atoms with Crippen molar-refractivity contribution in [3.63, 3.8) is 0 Å². The zero-order valence-electron chi connectivity index (χ0n) is 15.9. The first-order valence-corrected chi connectivity index (χ1v) is 9.09. The minimum Gasteiger partial charge on any atom is -0.318 e. The number of aryl methyl sites for hydroxylation is 3. The van der Waals surface area contributed by atoms with E-state index < -0.39 is 0 Å². The number of hydrogen-bond acceptors (Lipinski definition) is 2. The molecule has 3 rings (SSSR count). The smallest absolute Gasteiger partial charge is 0.271 e. The summed E-state index contributed by atoms with van der Waals surface area (Å²) in [5.74, 6) is -0.272. The van der Waals surface area contributed by atoms with Crippen LogP contribution in [0.25, 0.3) is 5.69 Å². The van der Waals surface area contributed by atoms with E-state index in [9.17, 15) is 4.79 Å². The molecular formula is C22H22ClN3O. The summed E-state index contributed by atoms with van der Waals surface area (Å²) in [7, 11) is 0. The zero-order valence-corrected chi connectivity index (χ0v) is 16.6. The Kier molecular flexibility index (Phi) is 5.47. The Hall–Kier alpha value is -2.85. The fourth-order valence-corrected chi connectivity index (χ4v) is 3.35. The van der Waals surface area contributed by atoms with Gasteiger partial charge in [-0.2, -0.15) is 5.10 Å². The van der Waals surface area contributed by atoms with Crippen molar-refractivity contribution in [2.24, 2.45) is 5.10 Å². The van der Waals surface area contributed by atoms with Gasteiger partial charge in [0.15, 0.2) is 0 Å². The van der Waals surface area contributed by atoms with E-state index in [1.54, 1.807) is 30.5 Å². The lowest BCUT2D eigenvalue weighted by Gasteiger charge is -2.11. The van der Waals surface area contributed by atoms with Crippen LogP contribution in [-0.2, 0) is 0 Å². The van der Waals surface area contributed by atoms with Crippen LogP contribution in [0.15, 0.2) is 53.6 Å². The van der Waals surface area contributed by atoms with E-state index in [2.05, 4.69) is 60.1 Å². The van der Waals surface area contributed by atoms with Gasteiger partial charge in [-0.1, -0.05) is 17.7 Å². The molecule has 0 bridgehead atoms. The van der Waals surface area contributed by atoms with Crippen LogP contribution in [0.5, 0.6) is 0 Å². The summed E-state index contributed by atoms with van der Waals surface area (Å²) in [4.78, 5) is 12.1. The van der Waals surface area contributed by atoms with E-state index in [0.29, 0.717) is 10.6 Å². The molecule has 1 N–H and O–H groups in total. The standard InChI is InChI=1S/C22H22ClN3O/c1-14-9-15(2)11-21(10-14)26-16(3)12-19(17(26)4)13-24-25-22(27)18-5-7-20(23)8-6-18/h5-13H,1-4H3,(H,25,27)/b24-13+. The summed E-state index contributed by atoms with van der Waals surface area (Å²) in [6.45, 7) is 8.31. The number of halogens is 1. The van der Waals surface area contributed by atoms with E-state index in [-0.39, 0.29) is 5.91 Å². The third-order valence-electron chi connectivity index (χ3n) is 4.41. The van der Waals surface area contributed by atoms with Crippen LogP contribution in [0.2, 0.25) is 5.02 Å². The summed E-state index contributed by atoms with van der Waals surface area (Å²) in [5, 5.41) is 4.71. The highest BCUT2D eigenvalue weighted by molar-refractivity contribution is 6.30. The summed E-state index contributed by atoms with van der Waals surface area (Å²) in [6, 6.07) is 15.2. The molecule has 5 heteroatoms. The van der Waals surface area contributed by atoms with Crippen molar-refractivity contribution in [1.29, 1.82) is 0 Å². The van der Waals surface area contributed by atoms with Gasteiger partial charge in [0.1, 0.15) is 0 Å². The second-order valence-corrected chi connectivity index (χ2v) is 7.15. The number of carbonyl (C=O) groups excluding carboxylic acids is 1. The minimum atomic E-state index is -0.272. The highest BCUT2D eigenvalue weighted by Gasteiger charge is 2.10. The number of hydrazone groups is 1. The molecule has 2 aromatic carbocycles. The fraction of sp³-hybridized carbons (Fsp3) is 0.182. The van der Waals surface area contributed by atoms with E-state index in [1.165, 1.54) is 11.1 Å². The summed E-state index contributed by atoms with van der Waals surface area (Å²) < 4.78 is 2.20. The number of carbonyl (C=O) groups is 1. The Labute approximate surface area is 164 Å². The van der Waals surface area contributed by atoms with Crippen molar-refractivity contribution in [1.82, 2.24) is 9.99 Å². The maximum Gasteiger partial charge on any atom is 0.271 e. The zero-order chi connectivity index (χ0) is 19.6. The Morgan fingerprint density at radius 1 is 1.00 bits per heavy atom. The maximum atomic E-state index is 12.1. The van der Waals surface area contributed by atoms with Gasteiger partial charge in [-0.3, -0.25) is 4.79 Å². The van der Waals surface area contributed by atoms with Crippen molar-refractivity contribution in [2.75, 3.05) is 0 Å². The Morgan fingerprint density at radius 3 is 2.26 bits per heavy atom. The van der Waals surface area contributed by atoms with Crippen molar-refractivity contribution >= 4 is 23.7 Å². The molecule has 1 amide bonds. The van der Waals surface area contributed by atoms with E-state index in [4.69, 9.17) is 11.6 Å². The molecule has 0 aliphatic carbocycles. The monoisotopic (exact) mass is 379 g/mol. The number of nitrogens with zero attached hydrogens (tertiary/aromatic N) is 2. The van der Waals surface area contributed by atoms with Crippen molar-refractivity contribution in [3.8, 4) is 5.69 Å². The largest absolute Gasteiger partial charge is 0.318 e. The van der Waals surface area contributed by atoms with Crippen LogP contribution in [0.4, 0.5) is 0 Å². The molecule has 0 aliphatic rings. The summed E-state index contributed by atoms with van der Waals surface area (Å²) >= 11 is 5.84. The fourth-order valence-electron chi connectivity index (χ4n) is 3.22. The van der Waals surface area contributed by atoms with Crippen molar-refractivity contribution in [2.45, 2.75) is 27.7 Å². The Bertz CT molecular complexity index is 997. The molecule has 0 spiro atoms. The molecule has 1 heterocycles. The third-order valence-corrected chi connectivity index (χ3v) is 4.66. The van der Waals surface area contributed by atoms with Crippen LogP contribution in [-0.4, -0.2) is 16.7 Å². The molecule has 27 heavy (non-hydrogen) atoms. The highest BCUT2D eigenvalue weighted by Crippen LogP contribution is 2.21. The first-order chi connectivity index (χ1) is 12.8. The normalized spacial score (nSPS) is 11.1. The summed E-state index contributed by atoms with van der Waals surface area (Å²) in [6.07, 6.45) is 1.68. The lowest BCUT2D eigenvalue weighted by molar-refractivity contribution is 0.0955. The van der Waals surface area contributed by atoms with Gasteiger partial charge in [-0.15, -0.1) is 0 Å². The molecule has 0 fully saturated rings. The third kappa shape index (κ3) is 4.29. The highest BCUT2D eigenvalue weighted by atomic mass is 35.5. The first-order valence-electron chi connectivity index (χ1n) is 8.72. The molecule has 0 saturated heterocycles. The van der Waals surface area contributed by atoms with Gasteiger partial charge in [0.25, 0.3) is 5.91 Å². The average molecular weight is 380 g/mol. The topological polar surface area (TPSA) is 46.4 Å². The van der Waals surface area contributed by atoms with Gasteiger partial charge in [0, 0.05) is 33.2 Å². The van der Waals surface area contributed by atoms with Crippen LogP contribution >= 0.6 is 11.6 Å². The molecule has 138 valence electrons. The maximum absolute atomic E-state index is 12.1. The number of hydrogen-bond donors (Lipinski definition) is 1. The van der Waals surface area contributed by atoms with Gasteiger partial charge < -0.3 is 4.57 Å². The van der Waals surface area contributed by atoms with Gasteiger partial charge in [0.2, 0.25) is 0 Å².